The van der Waals surface area contributed by atoms with Crippen LogP contribution in [-0.4, -0.2) is 38.6 Å². The van der Waals surface area contributed by atoms with Crippen molar-refractivity contribution in [2.45, 2.75) is 13.3 Å². The summed E-state index contributed by atoms with van der Waals surface area (Å²) in [5, 5.41) is 3.07. The van der Waals surface area contributed by atoms with Crippen LogP contribution in [0.4, 0.5) is 11.5 Å². The smallest absolute Gasteiger partial charge is 0.279 e. The molecule has 5 nitrogen and oxygen atoms in total. The molecule has 1 amide bonds. The van der Waals surface area contributed by atoms with Crippen LogP contribution in [0.25, 0.3) is 0 Å². The van der Waals surface area contributed by atoms with Crippen LogP contribution in [0.3, 0.4) is 0 Å². The Kier molecular flexibility index (Phi) is 5.43. The van der Waals surface area contributed by atoms with E-state index in [2.05, 4.69) is 34.3 Å². The van der Waals surface area contributed by atoms with Crippen LogP contribution in [0.5, 0.6) is 0 Å². The number of anilines is 2. The van der Waals surface area contributed by atoms with E-state index in [1.165, 1.54) is 10.5 Å². The summed E-state index contributed by atoms with van der Waals surface area (Å²) in [7, 11) is 0. The highest BCUT2D eigenvalue weighted by Gasteiger charge is 2.27. The molecule has 0 spiro atoms. The monoisotopic (exact) mass is 326 g/mol. The number of quaternary nitrogens is 1. The van der Waals surface area contributed by atoms with Gasteiger partial charge >= 0.3 is 0 Å². The van der Waals surface area contributed by atoms with Gasteiger partial charge in [-0.2, -0.15) is 0 Å². The van der Waals surface area contributed by atoms with Crippen LogP contribution < -0.4 is 20.1 Å². The van der Waals surface area contributed by atoms with E-state index in [4.69, 9.17) is 0 Å². The zero-order valence-electron chi connectivity index (χ0n) is 14.2. The summed E-state index contributed by atoms with van der Waals surface area (Å²) in [6, 6.07) is 14.2. The Balaban J connectivity index is 1.50. The molecule has 1 aromatic heterocycles. The summed E-state index contributed by atoms with van der Waals surface area (Å²) < 4.78 is 0. The van der Waals surface area contributed by atoms with Crippen LogP contribution in [0.1, 0.15) is 12.5 Å². The Morgan fingerprint density at radius 1 is 1.17 bits per heavy atom. The minimum absolute atomic E-state index is 0.102. The minimum Gasteiger partial charge on any atom is -0.321 e. The fourth-order valence-electron chi connectivity index (χ4n) is 3.19. The third-order valence-electron chi connectivity index (χ3n) is 4.59. The topological polar surface area (TPSA) is 50.9 Å². The molecule has 1 aliphatic heterocycles. The van der Waals surface area contributed by atoms with E-state index in [-0.39, 0.29) is 5.91 Å². The average Bonchev–Trinajstić information content (AvgIpc) is 2.63. The molecule has 126 valence electrons. The number of carbonyl (C=O) groups is 1. The second-order valence-electron chi connectivity index (χ2n) is 6.22. The highest BCUT2D eigenvalue weighted by molar-refractivity contribution is 5.92. The third-order valence-corrected chi connectivity index (χ3v) is 4.59. The molecule has 2 heterocycles. The number of carbonyl (C=O) groups excluding carboxylic acids is 1. The molecule has 1 aromatic carbocycles. The van der Waals surface area contributed by atoms with Crippen molar-refractivity contribution in [2.24, 2.45) is 0 Å². The number of para-hydroxylation sites is 1. The van der Waals surface area contributed by atoms with E-state index < -0.39 is 0 Å². The molecule has 0 radical (unpaired) electrons. The number of hydrogen-bond donors (Lipinski definition) is 2. The quantitative estimate of drug-likeness (QED) is 0.836. The summed E-state index contributed by atoms with van der Waals surface area (Å²) in [6.07, 6.45) is 2.88. The molecule has 24 heavy (non-hydrogen) atoms. The molecule has 1 saturated heterocycles. The van der Waals surface area contributed by atoms with Gasteiger partial charge in [0.2, 0.25) is 0 Å². The summed E-state index contributed by atoms with van der Waals surface area (Å²) in [4.78, 5) is 19.3. The maximum Gasteiger partial charge on any atom is 0.279 e. The predicted molar refractivity (Wildman–Crippen MR) is 95.2 cm³/mol. The summed E-state index contributed by atoms with van der Waals surface area (Å²) in [5.41, 5.74) is 2.13. The van der Waals surface area contributed by atoms with Crippen molar-refractivity contribution in [1.29, 1.82) is 0 Å². The second-order valence-corrected chi connectivity index (χ2v) is 6.22. The van der Waals surface area contributed by atoms with Crippen molar-refractivity contribution in [2.75, 3.05) is 42.9 Å². The SMILES string of the molecule is CCc1ccccc1NC(=O)C[NH+]1CCN(c2cccc[nH+]2)CC1. The normalized spacial score (nSPS) is 15.3. The van der Waals surface area contributed by atoms with Crippen LogP contribution in [0, 0.1) is 0 Å². The van der Waals surface area contributed by atoms with Crippen molar-refractivity contribution in [3.05, 3.63) is 54.2 Å². The van der Waals surface area contributed by atoms with Gasteiger partial charge in [0.15, 0.2) is 6.54 Å². The van der Waals surface area contributed by atoms with Gasteiger partial charge in [-0.15, -0.1) is 0 Å². The number of aromatic nitrogens is 1. The Bertz CT molecular complexity index is 666. The summed E-state index contributed by atoms with van der Waals surface area (Å²) in [6.45, 7) is 6.53. The Morgan fingerprint density at radius 3 is 2.62 bits per heavy atom. The van der Waals surface area contributed by atoms with Crippen LogP contribution in [0.2, 0.25) is 0 Å². The number of pyridine rings is 1. The van der Waals surface area contributed by atoms with E-state index >= 15 is 0 Å². The highest BCUT2D eigenvalue weighted by atomic mass is 16.2. The largest absolute Gasteiger partial charge is 0.321 e. The molecule has 3 N–H and O–H groups in total. The van der Waals surface area contributed by atoms with Gasteiger partial charge in [0, 0.05) is 11.8 Å². The van der Waals surface area contributed by atoms with Crippen LogP contribution in [-0.2, 0) is 11.2 Å². The zero-order chi connectivity index (χ0) is 16.8. The Hall–Kier alpha value is -2.40. The molecule has 1 aliphatic rings. The Morgan fingerprint density at radius 2 is 1.92 bits per heavy atom. The Labute approximate surface area is 143 Å². The lowest BCUT2D eigenvalue weighted by atomic mass is 10.1. The molecule has 0 saturated carbocycles. The molecule has 0 atom stereocenters. The van der Waals surface area contributed by atoms with Gasteiger partial charge in [-0.25, -0.2) is 4.98 Å². The number of benzene rings is 1. The fourth-order valence-corrected chi connectivity index (χ4v) is 3.19. The maximum atomic E-state index is 12.3. The molecule has 1 fully saturated rings. The summed E-state index contributed by atoms with van der Waals surface area (Å²) in [5.74, 6) is 1.25. The van der Waals surface area contributed by atoms with E-state index in [0.29, 0.717) is 6.54 Å². The van der Waals surface area contributed by atoms with Crippen molar-refractivity contribution >= 4 is 17.4 Å². The highest BCUT2D eigenvalue weighted by Crippen LogP contribution is 2.14. The standard InChI is InChI=1S/C19H24N4O/c1-2-16-7-3-4-8-17(16)21-19(24)15-22-11-13-23(14-12-22)18-9-5-6-10-20-18/h3-10H,2,11-15H2,1H3,(H,21,24)/p+2. The molecule has 5 heteroatoms. The number of piperazine rings is 1. The van der Waals surface area contributed by atoms with Crippen molar-refractivity contribution in [3.63, 3.8) is 0 Å². The first-order valence-electron chi connectivity index (χ1n) is 8.69. The fraction of sp³-hybridized carbons (Fsp3) is 0.368. The first-order chi connectivity index (χ1) is 11.8. The molecular weight excluding hydrogens is 300 g/mol. The lowest BCUT2D eigenvalue weighted by Crippen LogP contribution is -3.15. The maximum absolute atomic E-state index is 12.3. The average molecular weight is 326 g/mol. The van der Waals surface area contributed by atoms with Crippen LogP contribution in [0.15, 0.2) is 48.7 Å². The van der Waals surface area contributed by atoms with Crippen LogP contribution >= 0.6 is 0 Å². The lowest BCUT2D eigenvalue weighted by Gasteiger charge is -2.27. The first-order valence-corrected chi connectivity index (χ1v) is 8.69. The van der Waals surface area contributed by atoms with Gasteiger partial charge in [0.25, 0.3) is 11.7 Å². The molecule has 2 aromatic rings. The number of nitrogens with one attached hydrogen (secondary N) is 3. The van der Waals surface area contributed by atoms with E-state index in [9.17, 15) is 4.79 Å². The number of amides is 1. The number of hydrogen-bond acceptors (Lipinski definition) is 2. The number of aromatic amines is 1. The van der Waals surface area contributed by atoms with E-state index in [1.54, 1.807) is 0 Å². The van der Waals surface area contributed by atoms with Gasteiger partial charge in [-0.3, -0.25) is 9.69 Å². The number of nitrogens with zero attached hydrogens (tertiary/aromatic N) is 1. The molecule has 3 rings (SSSR count). The zero-order valence-corrected chi connectivity index (χ0v) is 14.2. The van der Waals surface area contributed by atoms with E-state index in [0.717, 1.165) is 44.1 Å². The van der Waals surface area contributed by atoms with Crippen molar-refractivity contribution in [1.82, 2.24) is 0 Å². The van der Waals surface area contributed by atoms with Crippen molar-refractivity contribution in [3.8, 4) is 0 Å². The van der Waals surface area contributed by atoms with E-state index in [1.807, 2.05) is 36.5 Å². The van der Waals surface area contributed by atoms with Crippen molar-refractivity contribution < 1.29 is 14.7 Å². The first kappa shape index (κ1) is 16.5. The van der Waals surface area contributed by atoms with Gasteiger partial charge in [0.05, 0.1) is 6.20 Å². The van der Waals surface area contributed by atoms with Gasteiger partial charge in [-0.05, 0) is 24.1 Å². The molecule has 0 aliphatic carbocycles. The number of H-pyrrole nitrogens is 1. The lowest BCUT2D eigenvalue weighted by molar-refractivity contribution is -0.892. The second kappa shape index (κ2) is 7.93. The third kappa shape index (κ3) is 4.11. The number of aryl methyl sites for hydroxylation is 1. The number of rotatable bonds is 5. The van der Waals surface area contributed by atoms with Gasteiger partial charge < -0.3 is 10.2 Å². The minimum atomic E-state index is 0.102. The molecule has 0 unspecified atom stereocenters. The van der Waals surface area contributed by atoms with Gasteiger partial charge in [0.1, 0.15) is 26.2 Å². The molecular formula is C19H26N4O+2. The predicted octanol–water partition coefficient (Wildman–Crippen LogP) is 0.407. The molecule has 0 bridgehead atoms. The van der Waals surface area contributed by atoms with Gasteiger partial charge in [-0.1, -0.05) is 31.2 Å². The summed E-state index contributed by atoms with van der Waals surface area (Å²) >= 11 is 0.